The normalized spacial score (nSPS) is 12.3. The second-order valence-corrected chi connectivity index (χ2v) is 11.1. The van der Waals surface area contributed by atoms with Crippen LogP contribution >= 0.6 is 11.3 Å². The summed E-state index contributed by atoms with van der Waals surface area (Å²) in [6.07, 6.45) is 6.43. The van der Waals surface area contributed by atoms with Crippen molar-refractivity contribution in [1.82, 2.24) is 0 Å². The molecule has 0 aliphatic heterocycles. The Morgan fingerprint density at radius 3 is 2.53 bits per heavy atom. The minimum atomic E-state index is -0.602. The maximum Gasteiger partial charge on any atom is 0.0490 e. The molecular formula is C16H30OSSi. The molecule has 0 saturated heterocycles. The maximum atomic E-state index is 5.85. The van der Waals surface area contributed by atoms with Crippen LogP contribution in [0.2, 0.25) is 18.1 Å². The summed E-state index contributed by atoms with van der Waals surface area (Å²) < 4.78 is 5.85. The first-order valence-electron chi connectivity index (χ1n) is 7.61. The summed E-state index contributed by atoms with van der Waals surface area (Å²) >= 11 is 1.80. The van der Waals surface area contributed by atoms with Crippen LogP contribution in [0.4, 0.5) is 0 Å². The van der Waals surface area contributed by atoms with Gasteiger partial charge < -0.3 is 4.74 Å². The molecule has 1 aromatic heterocycles. The molecular weight excluding hydrogens is 268 g/mol. The zero-order valence-corrected chi connectivity index (χ0v) is 15.0. The lowest BCUT2D eigenvalue weighted by Crippen LogP contribution is -2.26. The second-order valence-electron chi connectivity index (χ2n) is 6.49. The number of hydrogen-bond acceptors (Lipinski definition) is 2. The Kier molecular flexibility index (Phi) is 7.96. The molecule has 0 N–H and O–H groups in total. The average molecular weight is 299 g/mol. The molecule has 0 bridgehead atoms. The molecule has 0 aliphatic rings. The molecule has 1 nitrogen and oxygen atoms in total. The number of unbranched alkanes of at least 4 members (excludes halogenated alkanes) is 3. The van der Waals surface area contributed by atoms with Crippen molar-refractivity contribution in [2.45, 2.75) is 64.1 Å². The molecule has 0 amide bonds. The van der Waals surface area contributed by atoms with E-state index in [0.29, 0.717) is 5.04 Å². The van der Waals surface area contributed by atoms with Crippen molar-refractivity contribution in [3.8, 4) is 0 Å². The van der Waals surface area contributed by atoms with E-state index in [0.717, 1.165) is 13.2 Å². The average Bonchev–Trinajstić information content (AvgIpc) is 2.85. The number of hydrogen-bond donors (Lipinski definition) is 0. The summed E-state index contributed by atoms with van der Waals surface area (Å²) in [5.74, 6) is 0. The van der Waals surface area contributed by atoms with E-state index >= 15 is 0 Å². The molecule has 0 atom stereocenters. The predicted octanol–water partition coefficient (Wildman–Crippen LogP) is 5.13. The van der Waals surface area contributed by atoms with E-state index in [1.807, 2.05) is 0 Å². The first-order chi connectivity index (χ1) is 9.02. The van der Waals surface area contributed by atoms with Gasteiger partial charge in [0.15, 0.2) is 0 Å². The van der Waals surface area contributed by atoms with Crippen molar-refractivity contribution in [2.24, 2.45) is 0 Å². The zero-order chi connectivity index (χ0) is 14.1. The van der Waals surface area contributed by atoms with Crippen molar-refractivity contribution in [2.75, 3.05) is 13.2 Å². The van der Waals surface area contributed by atoms with Crippen molar-refractivity contribution in [3.63, 3.8) is 0 Å². The molecule has 1 heterocycles. The number of ether oxygens (including phenoxy) is 1. The fraction of sp³-hybridized carbons (Fsp3) is 0.750. The Hall–Kier alpha value is -0.123. The molecule has 1 aromatic rings. The van der Waals surface area contributed by atoms with Crippen LogP contribution < -0.4 is 0 Å². The van der Waals surface area contributed by atoms with Gasteiger partial charge in [-0.2, -0.15) is 11.3 Å². The molecule has 0 radical (unpaired) electrons. The Morgan fingerprint density at radius 2 is 1.89 bits per heavy atom. The highest BCUT2D eigenvalue weighted by Crippen LogP contribution is 2.28. The number of aryl methyl sites for hydroxylation is 1. The van der Waals surface area contributed by atoms with Crippen LogP contribution in [0.25, 0.3) is 0 Å². The summed E-state index contributed by atoms with van der Waals surface area (Å²) in [6.45, 7) is 11.4. The van der Waals surface area contributed by atoms with Gasteiger partial charge in [0.2, 0.25) is 0 Å². The third-order valence-electron chi connectivity index (χ3n) is 4.12. The van der Waals surface area contributed by atoms with Crippen molar-refractivity contribution in [1.29, 1.82) is 0 Å². The van der Waals surface area contributed by atoms with E-state index in [2.05, 4.69) is 43.8 Å². The van der Waals surface area contributed by atoms with Crippen LogP contribution in [0.3, 0.4) is 0 Å². The van der Waals surface area contributed by atoms with E-state index in [9.17, 15) is 0 Å². The lowest BCUT2D eigenvalue weighted by atomic mass is 10.1. The zero-order valence-electron chi connectivity index (χ0n) is 13.1. The van der Waals surface area contributed by atoms with Crippen LogP contribution in [-0.4, -0.2) is 22.0 Å². The van der Waals surface area contributed by atoms with Gasteiger partial charge in [0, 0.05) is 22.0 Å². The SMILES string of the molecule is C[SiH](C)C(C)(C)COCCCCCCc1ccsc1. The van der Waals surface area contributed by atoms with Gasteiger partial charge >= 0.3 is 0 Å². The fourth-order valence-corrected chi connectivity index (χ4v) is 2.98. The lowest BCUT2D eigenvalue weighted by molar-refractivity contribution is 0.110. The summed E-state index contributed by atoms with van der Waals surface area (Å²) in [4.78, 5) is 0. The second kappa shape index (κ2) is 8.93. The van der Waals surface area contributed by atoms with Crippen LogP contribution in [0.5, 0.6) is 0 Å². The summed E-state index contributed by atoms with van der Waals surface area (Å²) in [7, 11) is -0.602. The first kappa shape index (κ1) is 16.9. The molecule has 0 aromatic carbocycles. The van der Waals surface area contributed by atoms with Gasteiger partial charge in [-0.15, -0.1) is 0 Å². The standard InChI is InChI=1S/C16H30OSSi/c1-16(2,19(3)4)14-17-11-8-6-5-7-9-15-10-12-18-13-15/h10,12-13,19H,5-9,11,14H2,1-4H3. The molecule has 0 spiro atoms. The highest BCUT2D eigenvalue weighted by Gasteiger charge is 2.23. The van der Waals surface area contributed by atoms with Crippen LogP contribution in [0, 0.1) is 0 Å². The minimum Gasteiger partial charge on any atom is -0.381 e. The molecule has 3 heteroatoms. The molecule has 0 saturated carbocycles. The van der Waals surface area contributed by atoms with Crippen LogP contribution in [-0.2, 0) is 11.2 Å². The van der Waals surface area contributed by atoms with E-state index in [4.69, 9.17) is 4.74 Å². The van der Waals surface area contributed by atoms with E-state index in [-0.39, 0.29) is 0 Å². The van der Waals surface area contributed by atoms with Crippen molar-refractivity contribution in [3.05, 3.63) is 22.4 Å². The lowest BCUT2D eigenvalue weighted by Gasteiger charge is -2.27. The van der Waals surface area contributed by atoms with Gasteiger partial charge in [-0.3, -0.25) is 0 Å². The number of rotatable bonds is 10. The highest BCUT2D eigenvalue weighted by molar-refractivity contribution is 7.07. The fourth-order valence-electron chi connectivity index (χ4n) is 1.82. The van der Waals surface area contributed by atoms with Crippen LogP contribution in [0.15, 0.2) is 16.8 Å². The van der Waals surface area contributed by atoms with E-state index in [1.165, 1.54) is 37.7 Å². The third-order valence-corrected chi connectivity index (χ3v) is 8.15. The molecule has 0 fully saturated rings. The molecule has 110 valence electrons. The monoisotopic (exact) mass is 298 g/mol. The molecule has 1 rings (SSSR count). The van der Waals surface area contributed by atoms with Crippen molar-refractivity contribution < 1.29 is 4.74 Å². The minimum absolute atomic E-state index is 0.443. The Morgan fingerprint density at radius 1 is 1.16 bits per heavy atom. The predicted molar refractivity (Wildman–Crippen MR) is 90.2 cm³/mol. The van der Waals surface area contributed by atoms with Gasteiger partial charge in [-0.05, 0) is 46.7 Å². The van der Waals surface area contributed by atoms with Gasteiger partial charge in [0.1, 0.15) is 0 Å². The van der Waals surface area contributed by atoms with Gasteiger partial charge in [-0.1, -0.05) is 39.8 Å². The summed E-state index contributed by atoms with van der Waals surface area (Å²) in [5, 5.41) is 4.88. The quantitative estimate of drug-likeness (QED) is 0.429. The summed E-state index contributed by atoms with van der Waals surface area (Å²) in [6, 6.07) is 2.24. The molecule has 0 aliphatic carbocycles. The van der Waals surface area contributed by atoms with Gasteiger partial charge in [-0.25, -0.2) is 0 Å². The Bertz CT molecular complexity index is 319. The third kappa shape index (κ3) is 7.28. The largest absolute Gasteiger partial charge is 0.381 e. The highest BCUT2D eigenvalue weighted by atomic mass is 32.1. The van der Waals surface area contributed by atoms with Gasteiger partial charge in [0.25, 0.3) is 0 Å². The molecule has 19 heavy (non-hydrogen) atoms. The van der Waals surface area contributed by atoms with Crippen LogP contribution in [0.1, 0.15) is 45.1 Å². The maximum absolute atomic E-state index is 5.85. The topological polar surface area (TPSA) is 9.23 Å². The van der Waals surface area contributed by atoms with E-state index in [1.54, 1.807) is 11.3 Å². The van der Waals surface area contributed by atoms with Crippen molar-refractivity contribution >= 4 is 20.1 Å². The summed E-state index contributed by atoms with van der Waals surface area (Å²) in [5.41, 5.74) is 1.50. The Labute approximate surface area is 125 Å². The number of thiophene rings is 1. The van der Waals surface area contributed by atoms with Gasteiger partial charge in [0.05, 0.1) is 0 Å². The van der Waals surface area contributed by atoms with E-state index < -0.39 is 8.80 Å². The Balaban J connectivity index is 1.91. The smallest absolute Gasteiger partial charge is 0.0490 e. The molecule has 0 unspecified atom stereocenters. The first-order valence-corrected chi connectivity index (χ1v) is 11.4.